The fourth-order valence-corrected chi connectivity index (χ4v) is 1.79. The molecule has 1 heterocycles. The molecular formula is C9H7Cl2NO. The minimum atomic E-state index is -0.0690. The number of fused-ring (bicyclic) bond motifs is 1. The van der Waals surface area contributed by atoms with Gasteiger partial charge in [0.2, 0.25) is 0 Å². The molecule has 0 fully saturated rings. The van der Waals surface area contributed by atoms with Crippen molar-refractivity contribution >= 4 is 34.1 Å². The topological polar surface area (TPSA) is 36.0 Å². The quantitative estimate of drug-likeness (QED) is 0.755. The van der Waals surface area contributed by atoms with E-state index < -0.39 is 0 Å². The van der Waals surface area contributed by atoms with E-state index in [1.54, 1.807) is 12.1 Å². The van der Waals surface area contributed by atoms with Crippen molar-refractivity contribution < 1.29 is 5.11 Å². The lowest BCUT2D eigenvalue weighted by atomic mass is 10.2. The minimum absolute atomic E-state index is 0.0690. The summed E-state index contributed by atoms with van der Waals surface area (Å²) in [5.74, 6) is 0. The zero-order valence-electron chi connectivity index (χ0n) is 6.64. The average Bonchev–Trinajstić information content (AvgIpc) is 2.39. The van der Waals surface area contributed by atoms with E-state index in [2.05, 4.69) is 4.98 Å². The summed E-state index contributed by atoms with van der Waals surface area (Å²) < 4.78 is 0. The molecular weight excluding hydrogens is 209 g/mol. The van der Waals surface area contributed by atoms with Crippen LogP contribution >= 0.6 is 23.2 Å². The summed E-state index contributed by atoms with van der Waals surface area (Å²) in [4.78, 5) is 2.94. The molecule has 2 rings (SSSR count). The van der Waals surface area contributed by atoms with Crippen LogP contribution in [0.1, 0.15) is 5.56 Å². The van der Waals surface area contributed by atoms with Gasteiger partial charge in [0.1, 0.15) is 5.15 Å². The molecule has 4 heteroatoms. The Kier molecular flexibility index (Phi) is 2.20. The third-order valence-electron chi connectivity index (χ3n) is 1.97. The lowest BCUT2D eigenvalue weighted by molar-refractivity contribution is 0.283. The smallest absolute Gasteiger partial charge is 0.112 e. The highest BCUT2D eigenvalue weighted by molar-refractivity contribution is 6.33. The summed E-state index contributed by atoms with van der Waals surface area (Å²) in [7, 11) is 0. The Morgan fingerprint density at radius 1 is 1.31 bits per heavy atom. The second-order valence-corrected chi connectivity index (χ2v) is 3.58. The first-order valence-electron chi connectivity index (χ1n) is 3.79. The maximum atomic E-state index is 9.04. The Morgan fingerprint density at radius 3 is 2.77 bits per heavy atom. The standard InChI is InChI=1S/C9H7Cl2NO/c10-5-1-2-6-7(4-13)9(11)12-8(6)3-5/h1-3,12-13H,4H2. The molecule has 2 aromatic rings. The van der Waals surface area contributed by atoms with Gasteiger partial charge in [-0.2, -0.15) is 0 Å². The zero-order chi connectivity index (χ0) is 9.42. The van der Waals surface area contributed by atoms with Crippen LogP contribution in [-0.4, -0.2) is 10.1 Å². The first kappa shape index (κ1) is 8.88. The summed E-state index contributed by atoms with van der Waals surface area (Å²) in [5.41, 5.74) is 1.56. The normalized spacial score (nSPS) is 11.0. The van der Waals surface area contributed by atoms with Crippen molar-refractivity contribution in [2.24, 2.45) is 0 Å². The lowest BCUT2D eigenvalue weighted by Crippen LogP contribution is -1.79. The van der Waals surface area contributed by atoms with E-state index in [0.717, 1.165) is 10.9 Å². The van der Waals surface area contributed by atoms with E-state index in [9.17, 15) is 0 Å². The lowest BCUT2D eigenvalue weighted by Gasteiger charge is -1.93. The predicted molar refractivity (Wildman–Crippen MR) is 54.2 cm³/mol. The van der Waals surface area contributed by atoms with Gasteiger partial charge in [0.25, 0.3) is 0 Å². The molecule has 0 aliphatic rings. The fraction of sp³-hybridized carbons (Fsp3) is 0.111. The molecule has 68 valence electrons. The number of halogens is 2. The maximum Gasteiger partial charge on any atom is 0.112 e. The third-order valence-corrected chi connectivity index (χ3v) is 2.53. The van der Waals surface area contributed by atoms with Gasteiger partial charge in [-0.25, -0.2) is 0 Å². The highest BCUT2D eigenvalue weighted by atomic mass is 35.5. The molecule has 0 saturated heterocycles. The van der Waals surface area contributed by atoms with E-state index in [1.807, 2.05) is 6.07 Å². The summed E-state index contributed by atoms with van der Waals surface area (Å²) in [6.07, 6.45) is 0. The van der Waals surface area contributed by atoms with E-state index in [0.29, 0.717) is 15.7 Å². The van der Waals surface area contributed by atoms with Crippen LogP contribution < -0.4 is 0 Å². The van der Waals surface area contributed by atoms with Crippen molar-refractivity contribution in [3.63, 3.8) is 0 Å². The molecule has 2 N–H and O–H groups in total. The molecule has 0 radical (unpaired) electrons. The van der Waals surface area contributed by atoms with Crippen molar-refractivity contribution in [2.45, 2.75) is 6.61 Å². The molecule has 0 atom stereocenters. The highest BCUT2D eigenvalue weighted by Gasteiger charge is 2.08. The van der Waals surface area contributed by atoms with Gasteiger partial charge in [-0.1, -0.05) is 29.3 Å². The number of nitrogens with one attached hydrogen (secondary N) is 1. The minimum Gasteiger partial charge on any atom is -0.392 e. The van der Waals surface area contributed by atoms with Crippen LogP contribution in [0.5, 0.6) is 0 Å². The van der Waals surface area contributed by atoms with Crippen LogP contribution in [0.3, 0.4) is 0 Å². The molecule has 0 spiro atoms. The second kappa shape index (κ2) is 3.22. The van der Waals surface area contributed by atoms with Gasteiger partial charge in [0, 0.05) is 21.5 Å². The third kappa shape index (κ3) is 1.41. The Balaban J connectivity index is 2.79. The summed E-state index contributed by atoms with van der Waals surface area (Å²) in [6.45, 7) is -0.0690. The molecule has 0 amide bonds. The van der Waals surface area contributed by atoms with Crippen molar-refractivity contribution in [1.82, 2.24) is 4.98 Å². The number of aliphatic hydroxyl groups is 1. The van der Waals surface area contributed by atoms with Gasteiger partial charge >= 0.3 is 0 Å². The number of hydrogen-bond acceptors (Lipinski definition) is 1. The zero-order valence-corrected chi connectivity index (χ0v) is 8.15. The molecule has 2 nitrogen and oxygen atoms in total. The second-order valence-electron chi connectivity index (χ2n) is 2.77. The molecule has 0 bridgehead atoms. The van der Waals surface area contributed by atoms with Crippen LogP contribution in [0.2, 0.25) is 10.2 Å². The van der Waals surface area contributed by atoms with Crippen LogP contribution in [-0.2, 0) is 6.61 Å². The van der Waals surface area contributed by atoms with E-state index in [4.69, 9.17) is 28.3 Å². The first-order valence-corrected chi connectivity index (χ1v) is 4.54. The number of aromatic amines is 1. The molecule has 1 aromatic carbocycles. The van der Waals surface area contributed by atoms with Crippen LogP contribution in [0.4, 0.5) is 0 Å². The number of aromatic nitrogens is 1. The Morgan fingerprint density at radius 2 is 2.08 bits per heavy atom. The first-order chi connectivity index (χ1) is 6.22. The predicted octanol–water partition coefficient (Wildman–Crippen LogP) is 2.97. The van der Waals surface area contributed by atoms with Crippen LogP contribution in [0, 0.1) is 0 Å². The largest absolute Gasteiger partial charge is 0.392 e. The monoisotopic (exact) mass is 215 g/mol. The summed E-state index contributed by atoms with van der Waals surface area (Å²) in [6, 6.07) is 5.39. The van der Waals surface area contributed by atoms with E-state index in [-0.39, 0.29) is 6.61 Å². The number of benzene rings is 1. The number of aliphatic hydroxyl groups excluding tert-OH is 1. The summed E-state index contributed by atoms with van der Waals surface area (Å²) in [5, 5.41) is 11.1. The van der Waals surface area contributed by atoms with Crippen molar-refractivity contribution in [1.29, 1.82) is 0 Å². The maximum absolute atomic E-state index is 9.04. The van der Waals surface area contributed by atoms with Gasteiger partial charge in [0.15, 0.2) is 0 Å². The van der Waals surface area contributed by atoms with Crippen molar-refractivity contribution in [2.75, 3.05) is 0 Å². The summed E-state index contributed by atoms with van der Waals surface area (Å²) >= 11 is 11.7. The van der Waals surface area contributed by atoms with Crippen LogP contribution in [0.25, 0.3) is 10.9 Å². The molecule has 0 aliphatic heterocycles. The van der Waals surface area contributed by atoms with Crippen molar-refractivity contribution in [3.05, 3.63) is 33.9 Å². The van der Waals surface area contributed by atoms with Gasteiger partial charge in [-0.05, 0) is 12.1 Å². The molecule has 0 aliphatic carbocycles. The SMILES string of the molecule is OCc1c(Cl)[nH]c2cc(Cl)ccc12. The van der Waals surface area contributed by atoms with E-state index >= 15 is 0 Å². The Labute approximate surface area is 85.1 Å². The Hall–Kier alpha value is -0.700. The van der Waals surface area contributed by atoms with Gasteiger partial charge in [-0.3, -0.25) is 0 Å². The molecule has 1 aromatic heterocycles. The van der Waals surface area contributed by atoms with E-state index in [1.165, 1.54) is 0 Å². The van der Waals surface area contributed by atoms with Crippen molar-refractivity contribution in [3.8, 4) is 0 Å². The van der Waals surface area contributed by atoms with Gasteiger partial charge in [-0.15, -0.1) is 0 Å². The van der Waals surface area contributed by atoms with Gasteiger partial charge in [0.05, 0.1) is 6.61 Å². The van der Waals surface area contributed by atoms with Gasteiger partial charge < -0.3 is 10.1 Å². The fourth-order valence-electron chi connectivity index (χ4n) is 1.35. The Bertz CT molecular complexity index is 450. The highest BCUT2D eigenvalue weighted by Crippen LogP contribution is 2.27. The molecule has 0 unspecified atom stereocenters. The molecule has 0 saturated carbocycles. The van der Waals surface area contributed by atoms with Crippen LogP contribution in [0.15, 0.2) is 18.2 Å². The average molecular weight is 216 g/mol. The number of H-pyrrole nitrogens is 1. The number of rotatable bonds is 1. The number of hydrogen-bond donors (Lipinski definition) is 2. The molecule has 13 heavy (non-hydrogen) atoms.